The van der Waals surface area contributed by atoms with Gasteiger partial charge < -0.3 is 9.30 Å². The molecule has 6 nitrogen and oxygen atoms in total. The third-order valence-electron chi connectivity index (χ3n) is 5.70. The van der Waals surface area contributed by atoms with Gasteiger partial charge in [0.1, 0.15) is 11.6 Å². The van der Waals surface area contributed by atoms with Gasteiger partial charge in [-0.05, 0) is 36.8 Å². The van der Waals surface area contributed by atoms with Gasteiger partial charge in [-0.2, -0.15) is 0 Å². The van der Waals surface area contributed by atoms with E-state index in [-0.39, 0.29) is 11.7 Å². The predicted octanol–water partition coefficient (Wildman–Crippen LogP) is 5.19. The zero-order valence-electron chi connectivity index (χ0n) is 18.0. The second-order valence-corrected chi connectivity index (χ2v) is 7.73. The Morgan fingerprint density at radius 3 is 2.56 bits per heavy atom. The molecule has 0 spiro atoms. The van der Waals surface area contributed by atoms with Crippen molar-refractivity contribution >= 4 is 5.65 Å². The molecule has 0 radical (unpaired) electrons. The van der Waals surface area contributed by atoms with E-state index in [4.69, 9.17) is 4.74 Å². The van der Waals surface area contributed by atoms with Gasteiger partial charge in [0.15, 0.2) is 5.65 Å². The van der Waals surface area contributed by atoms with E-state index >= 15 is 0 Å². The van der Waals surface area contributed by atoms with Crippen LogP contribution in [0.15, 0.2) is 73.6 Å². The minimum Gasteiger partial charge on any atom is -0.495 e. The number of methoxy groups -OCH3 is 1. The van der Waals surface area contributed by atoms with E-state index in [1.54, 1.807) is 31.8 Å². The van der Waals surface area contributed by atoms with Gasteiger partial charge in [0.05, 0.1) is 42.4 Å². The van der Waals surface area contributed by atoms with Crippen LogP contribution in [-0.4, -0.2) is 31.0 Å². The van der Waals surface area contributed by atoms with Crippen LogP contribution in [0.5, 0.6) is 5.75 Å². The van der Waals surface area contributed by atoms with Crippen LogP contribution in [0.1, 0.15) is 29.8 Å². The van der Waals surface area contributed by atoms with E-state index < -0.39 is 0 Å². The van der Waals surface area contributed by atoms with Crippen molar-refractivity contribution in [3.63, 3.8) is 0 Å². The third kappa shape index (κ3) is 3.41. The van der Waals surface area contributed by atoms with Crippen LogP contribution in [0.25, 0.3) is 22.6 Å². The molecule has 0 saturated heterocycles. The van der Waals surface area contributed by atoms with Crippen LogP contribution in [0.3, 0.4) is 0 Å². The number of ether oxygens (including phenoxy) is 1. The van der Waals surface area contributed by atoms with Crippen molar-refractivity contribution in [1.29, 1.82) is 0 Å². The number of fused-ring (bicyclic) bond motifs is 1. The molecule has 0 N–H and O–H groups in total. The molecule has 32 heavy (non-hydrogen) atoms. The summed E-state index contributed by atoms with van der Waals surface area (Å²) >= 11 is 0. The molecule has 0 amide bonds. The zero-order valence-corrected chi connectivity index (χ0v) is 18.0. The fourth-order valence-corrected chi connectivity index (χ4v) is 3.97. The minimum atomic E-state index is -0.251. The van der Waals surface area contributed by atoms with Gasteiger partial charge in [0.25, 0.3) is 0 Å². The summed E-state index contributed by atoms with van der Waals surface area (Å²) in [5, 5.41) is 0. The smallest absolute Gasteiger partial charge is 0.159 e. The Hall–Kier alpha value is -4.00. The van der Waals surface area contributed by atoms with Gasteiger partial charge in [-0.3, -0.25) is 9.38 Å². The number of imidazole rings is 2. The molecule has 0 saturated carbocycles. The standard InChI is InChI=1S/C25H22FN5O/c1-16-14-30(15-29-16)21-9-6-19(12-23(21)32-3)22-13-28-25-24(27-10-11-31(22)25)17(2)18-4-7-20(26)8-5-18/h4-15,17H,1-3H3. The van der Waals surface area contributed by atoms with Gasteiger partial charge in [-0.25, -0.2) is 14.4 Å². The molecule has 3 aromatic heterocycles. The summed E-state index contributed by atoms with van der Waals surface area (Å²) in [6.07, 6.45) is 9.25. The van der Waals surface area contributed by atoms with E-state index in [2.05, 4.69) is 21.9 Å². The number of hydrogen-bond donors (Lipinski definition) is 0. The Morgan fingerprint density at radius 2 is 1.84 bits per heavy atom. The van der Waals surface area contributed by atoms with E-state index in [1.807, 2.05) is 52.7 Å². The van der Waals surface area contributed by atoms with Crippen molar-refractivity contribution in [3.05, 3.63) is 96.3 Å². The Balaban J connectivity index is 1.57. The molecule has 3 heterocycles. The number of rotatable bonds is 5. The monoisotopic (exact) mass is 427 g/mol. The lowest BCUT2D eigenvalue weighted by Crippen LogP contribution is -2.03. The van der Waals surface area contributed by atoms with E-state index in [9.17, 15) is 4.39 Å². The largest absolute Gasteiger partial charge is 0.495 e. The summed E-state index contributed by atoms with van der Waals surface area (Å²) in [5.41, 5.74) is 6.35. The van der Waals surface area contributed by atoms with Gasteiger partial charge >= 0.3 is 0 Å². The van der Waals surface area contributed by atoms with E-state index in [1.165, 1.54) is 12.1 Å². The SMILES string of the molecule is COc1cc(-c2cnc3c(C(C)c4ccc(F)cc4)nccn23)ccc1-n1cnc(C)c1. The Labute approximate surface area is 185 Å². The highest BCUT2D eigenvalue weighted by molar-refractivity contribution is 5.69. The molecule has 1 unspecified atom stereocenters. The van der Waals surface area contributed by atoms with Crippen molar-refractivity contribution in [2.45, 2.75) is 19.8 Å². The highest BCUT2D eigenvalue weighted by Gasteiger charge is 2.18. The maximum Gasteiger partial charge on any atom is 0.159 e. The number of hydrogen-bond acceptors (Lipinski definition) is 4. The summed E-state index contributed by atoms with van der Waals surface area (Å²) in [4.78, 5) is 13.6. The van der Waals surface area contributed by atoms with E-state index in [0.29, 0.717) is 0 Å². The average molecular weight is 427 g/mol. The van der Waals surface area contributed by atoms with Crippen LogP contribution in [0, 0.1) is 12.7 Å². The number of nitrogens with zero attached hydrogens (tertiary/aromatic N) is 5. The first-order chi connectivity index (χ1) is 15.5. The quantitative estimate of drug-likeness (QED) is 0.387. The highest BCUT2D eigenvalue weighted by Crippen LogP contribution is 2.32. The second-order valence-electron chi connectivity index (χ2n) is 7.73. The van der Waals surface area contributed by atoms with Gasteiger partial charge in [0.2, 0.25) is 0 Å². The van der Waals surface area contributed by atoms with Crippen LogP contribution in [-0.2, 0) is 0 Å². The lowest BCUT2D eigenvalue weighted by molar-refractivity contribution is 0.413. The molecule has 0 aliphatic heterocycles. The molecular weight excluding hydrogens is 405 g/mol. The molecule has 1 atom stereocenters. The molecule has 0 fully saturated rings. The summed E-state index contributed by atoms with van der Waals surface area (Å²) < 4.78 is 23.0. The fraction of sp³-hybridized carbons (Fsp3) is 0.160. The summed E-state index contributed by atoms with van der Waals surface area (Å²) in [7, 11) is 1.66. The molecule has 0 aliphatic carbocycles. The molecule has 160 valence electrons. The first-order valence-corrected chi connectivity index (χ1v) is 10.3. The number of aryl methyl sites for hydroxylation is 1. The predicted molar refractivity (Wildman–Crippen MR) is 121 cm³/mol. The number of aromatic nitrogens is 5. The normalized spacial score (nSPS) is 12.2. The van der Waals surface area contributed by atoms with Crippen molar-refractivity contribution in [2.75, 3.05) is 7.11 Å². The molecule has 7 heteroatoms. The fourth-order valence-electron chi connectivity index (χ4n) is 3.97. The maximum atomic E-state index is 13.3. The molecule has 0 aliphatic rings. The number of benzene rings is 2. The Bertz CT molecular complexity index is 1400. The molecule has 0 bridgehead atoms. The second kappa shape index (κ2) is 7.92. The maximum absolute atomic E-state index is 13.3. The van der Waals surface area contributed by atoms with Crippen molar-refractivity contribution in [2.24, 2.45) is 0 Å². The third-order valence-corrected chi connectivity index (χ3v) is 5.70. The minimum absolute atomic E-state index is 0.0315. The van der Waals surface area contributed by atoms with E-state index in [0.717, 1.165) is 45.3 Å². The van der Waals surface area contributed by atoms with Crippen LogP contribution >= 0.6 is 0 Å². The highest BCUT2D eigenvalue weighted by atomic mass is 19.1. The zero-order chi connectivity index (χ0) is 22.2. The molecule has 5 rings (SSSR count). The first kappa shape index (κ1) is 19.9. The van der Waals surface area contributed by atoms with Crippen LogP contribution in [0.4, 0.5) is 4.39 Å². The van der Waals surface area contributed by atoms with Gasteiger partial charge in [-0.15, -0.1) is 0 Å². The first-order valence-electron chi connectivity index (χ1n) is 10.3. The van der Waals surface area contributed by atoms with Crippen molar-refractivity contribution < 1.29 is 9.13 Å². The Morgan fingerprint density at radius 1 is 1.03 bits per heavy atom. The average Bonchev–Trinajstić information content (AvgIpc) is 3.45. The Kier molecular flexibility index (Phi) is 4.93. The summed E-state index contributed by atoms with van der Waals surface area (Å²) in [6.45, 7) is 4.00. The van der Waals surface area contributed by atoms with Crippen molar-refractivity contribution in [1.82, 2.24) is 23.9 Å². The molecule has 2 aromatic carbocycles. The lowest BCUT2D eigenvalue weighted by Gasteiger charge is -2.13. The molecule has 5 aromatic rings. The van der Waals surface area contributed by atoms with Gasteiger partial charge in [-0.1, -0.05) is 25.1 Å². The summed E-state index contributed by atoms with van der Waals surface area (Å²) in [6, 6.07) is 12.6. The topological polar surface area (TPSA) is 57.2 Å². The molecular formula is C25H22FN5O. The lowest BCUT2D eigenvalue weighted by atomic mass is 9.97. The van der Waals surface area contributed by atoms with Crippen LogP contribution < -0.4 is 4.74 Å². The van der Waals surface area contributed by atoms with Gasteiger partial charge in [0, 0.05) is 30.1 Å². The van der Waals surface area contributed by atoms with Crippen LogP contribution in [0.2, 0.25) is 0 Å². The number of halogens is 1. The summed E-state index contributed by atoms with van der Waals surface area (Å²) in [5.74, 6) is 0.457. The van der Waals surface area contributed by atoms with Crippen molar-refractivity contribution in [3.8, 4) is 22.7 Å².